The van der Waals surface area contributed by atoms with Gasteiger partial charge in [0, 0.05) is 11.3 Å². The number of carbonyl (C=O) groups excluding carboxylic acids is 1. The van der Waals surface area contributed by atoms with Crippen LogP contribution in [-0.2, 0) is 10.0 Å². The minimum atomic E-state index is -3.73. The maximum Gasteiger partial charge on any atom is 0.261 e. The molecule has 30 heavy (non-hydrogen) atoms. The second kappa shape index (κ2) is 8.46. The van der Waals surface area contributed by atoms with Crippen molar-refractivity contribution < 1.29 is 22.7 Å². The third-order valence-corrected chi connectivity index (χ3v) is 5.91. The van der Waals surface area contributed by atoms with Gasteiger partial charge in [-0.15, -0.1) is 0 Å². The maximum atomic E-state index is 12.5. The van der Waals surface area contributed by atoms with Gasteiger partial charge >= 0.3 is 0 Å². The zero-order valence-corrected chi connectivity index (χ0v) is 16.8. The van der Waals surface area contributed by atoms with Gasteiger partial charge in [0.05, 0.1) is 11.4 Å². The summed E-state index contributed by atoms with van der Waals surface area (Å²) < 4.78 is 38.9. The number of hydrogen-bond acceptors (Lipinski definition) is 5. The molecule has 154 valence electrons. The fraction of sp³-hybridized carbons (Fsp3) is 0.136. The van der Waals surface area contributed by atoms with E-state index in [1.165, 1.54) is 24.3 Å². The van der Waals surface area contributed by atoms with Crippen LogP contribution >= 0.6 is 0 Å². The summed E-state index contributed by atoms with van der Waals surface area (Å²) in [6.07, 6.45) is -0.307. The van der Waals surface area contributed by atoms with Crippen molar-refractivity contribution in [2.75, 3.05) is 17.9 Å². The molecule has 1 aliphatic heterocycles. The fourth-order valence-corrected chi connectivity index (χ4v) is 4.04. The SMILES string of the molecule is O=C(NCC1COc2ccccc2O1)c1ccc(S(=O)(=O)Nc2ccccc2)cc1. The largest absolute Gasteiger partial charge is 0.486 e. The number of sulfonamides is 1. The minimum absolute atomic E-state index is 0.0727. The Morgan fingerprint density at radius 1 is 0.900 bits per heavy atom. The highest BCUT2D eigenvalue weighted by Gasteiger charge is 2.21. The van der Waals surface area contributed by atoms with Gasteiger partial charge in [-0.3, -0.25) is 9.52 Å². The third-order valence-electron chi connectivity index (χ3n) is 4.51. The van der Waals surface area contributed by atoms with Crippen LogP contribution in [-0.4, -0.2) is 33.6 Å². The number of fused-ring (bicyclic) bond motifs is 1. The van der Waals surface area contributed by atoms with Crippen LogP contribution in [0.1, 0.15) is 10.4 Å². The monoisotopic (exact) mass is 424 g/mol. The van der Waals surface area contributed by atoms with Crippen molar-refractivity contribution in [3.05, 3.63) is 84.4 Å². The number of amides is 1. The Morgan fingerprint density at radius 2 is 1.57 bits per heavy atom. The summed E-state index contributed by atoms with van der Waals surface area (Å²) in [6.45, 7) is 0.600. The Morgan fingerprint density at radius 3 is 2.30 bits per heavy atom. The van der Waals surface area contributed by atoms with Crippen LogP contribution in [0.25, 0.3) is 0 Å². The van der Waals surface area contributed by atoms with Gasteiger partial charge < -0.3 is 14.8 Å². The first-order valence-corrected chi connectivity index (χ1v) is 10.8. The molecule has 1 unspecified atom stereocenters. The maximum absolute atomic E-state index is 12.5. The van der Waals surface area contributed by atoms with Gasteiger partial charge in [-0.05, 0) is 48.5 Å². The molecular weight excluding hydrogens is 404 g/mol. The van der Waals surface area contributed by atoms with Crippen LogP contribution in [0.15, 0.2) is 83.8 Å². The van der Waals surface area contributed by atoms with Crippen LogP contribution in [0, 0.1) is 0 Å². The average molecular weight is 424 g/mol. The van der Waals surface area contributed by atoms with Gasteiger partial charge in [-0.2, -0.15) is 0 Å². The van der Waals surface area contributed by atoms with Gasteiger partial charge in [0.25, 0.3) is 15.9 Å². The first-order valence-electron chi connectivity index (χ1n) is 9.36. The standard InChI is InChI=1S/C22H20N2O5S/c25-22(23-14-18-15-28-20-8-4-5-9-21(20)29-18)16-10-12-19(13-11-16)30(26,27)24-17-6-2-1-3-7-17/h1-13,18,24H,14-15H2,(H,23,25). The Kier molecular flexibility index (Phi) is 5.58. The normalized spacial score (nSPS) is 15.3. The van der Waals surface area contributed by atoms with Crippen molar-refractivity contribution in [3.8, 4) is 11.5 Å². The van der Waals surface area contributed by atoms with Crippen molar-refractivity contribution in [1.82, 2.24) is 5.32 Å². The summed E-state index contributed by atoms with van der Waals surface area (Å²) in [6, 6.07) is 21.7. The van der Waals surface area contributed by atoms with E-state index in [1.807, 2.05) is 24.3 Å². The van der Waals surface area contributed by atoms with Crippen molar-refractivity contribution in [1.29, 1.82) is 0 Å². The molecule has 0 saturated carbocycles. The van der Waals surface area contributed by atoms with E-state index in [-0.39, 0.29) is 23.5 Å². The lowest BCUT2D eigenvalue weighted by Gasteiger charge is -2.26. The van der Waals surface area contributed by atoms with Crippen LogP contribution in [0.2, 0.25) is 0 Å². The van der Waals surface area contributed by atoms with E-state index in [2.05, 4.69) is 10.0 Å². The van der Waals surface area contributed by atoms with Crippen LogP contribution < -0.4 is 19.5 Å². The Bertz CT molecular complexity index is 1130. The number of hydrogen-bond donors (Lipinski definition) is 2. The van der Waals surface area contributed by atoms with E-state index in [1.54, 1.807) is 30.3 Å². The lowest BCUT2D eigenvalue weighted by atomic mass is 10.2. The van der Waals surface area contributed by atoms with Gasteiger partial charge in [0.2, 0.25) is 0 Å². The predicted molar refractivity (Wildman–Crippen MR) is 112 cm³/mol. The van der Waals surface area contributed by atoms with Crippen molar-refractivity contribution >= 4 is 21.6 Å². The van der Waals surface area contributed by atoms with Crippen molar-refractivity contribution in [2.24, 2.45) is 0 Å². The molecule has 1 amide bonds. The van der Waals surface area contributed by atoms with E-state index in [0.29, 0.717) is 29.4 Å². The molecule has 0 saturated heterocycles. The molecule has 7 nitrogen and oxygen atoms in total. The van der Waals surface area contributed by atoms with E-state index >= 15 is 0 Å². The second-order valence-electron chi connectivity index (χ2n) is 6.70. The number of rotatable bonds is 6. The molecule has 0 bridgehead atoms. The Balaban J connectivity index is 1.35. The minimum Gasteiger partial charge on any atom is -0.486 e. The number of nitrogens with one attached hydrogen (secondary N) is 2. The van der Waals surface area contributed by atoms with Gasteiger partial charge in [-0.1, -0.05) is 30.3 Å². The zero-order valence-electron chi connectivity index (χ0n) is 15.9. The third kappa shape index (κ3) is 4.55. The highest BCUT2D eigenvalue weighted by molar-refractivity contribution is 7.92. The summed E-state index contributed by atoms with van der Waals surface area (Å²) in [4.78, 5) is 12.5. The smallest absolute Gasteiger partial charge is 0.261 e. The number of ether oxygens (including phenoxy) is 2. The summed E-state index contributed by atoms with van der Waals surface area (Å²) in [5, 5.41) is 2.79. The van der Waals surface area contributed by atoms with E-state index in [9.17, 15) is 13.2 Å². The molecule has 8 heteroatoms. The van der Waals surface area contributed by atoms with Gasteiger partial charge in [-0.25, -0.2) is 8.42 Å². The first-order chi connectivity index (χ1) is 14.5. The first kappa shape index (κ1) is 19.8. The van der Waals surface area contributed by atoms with Crippen LogP contribution in [0.3, 0.4) is 0 Å². The summed E-state index contributed by atoms with van der Waals surface area (Å²) >= 11 is 0. The molecule has 1 aliphatic rings. The Labute approximate surface area is 174 Å². The second-order valence-corrected chi connectivity index (χ2v) is 8.39. The molecule has 1 atom stereocenters. The van der Waals surface area contributed by atoms with Crippen molar-refractivity contribution in [3.63, 3.8) is 0 Å². The Hall–Kier alpha value is -3.52. The molecule has 3 aromatic carbocycles. The number of anilines is 1. The molecule has 0 fully saturated rings. The average Bonchev–Trinajstić information content (AvgIpc) is 2.78. The molecule has 4 rings (SSSR count). The van der Waals surface area contributed by atoms with Crippen LogP contribution in [0.4, 0.5) is 5.69 Å². The number of benzene rings is 3. The number of para-hydroxylation sites is 3. The molecule has 0 radical (unpaired) electrons. The van der Waals surface area contributed by atoms with Gasteiger partial charge in [0.1, 0.15) is 12.7 Å². The summed E-state index contributed by atoms with van der Waals surface area (Å²) in [7, 11) is -3.73. The van der Waals surface area contributed by atoms with E-state index in [0.717, 1.165) is 0 Å². The lowest BCUT2D eigenvalue weighted by molar-refractivity contribution is 0.0789. The molecule has 0 spiro atoms. The molecule has 1 heterocycles. The molecule has 0 aliphatic carbocycles. The number of carbonyl (C=O) groups is 1. The van der Waals surface area contributed by atoms with Crippen LogP contribution in [0.5, 0.6) is 11.5 Å². The molecule has 2 N–H and O–H groups in total. The zero-order chi connectivity index (χ0) is 21.0. The topological polar surface area (TPSA) is 93.7 Å². The molecule has 3 aromatic rings. The highest BCUT2D eigenvalue weighted by Crippen LogP contribution is 2.30. The fourth-order valence-electron chi connectivity index (χ4n) is 2.98. The predicted octanol–water partition coefficient (Wildman–Crippen LogP) is 3.06. The van der Waals surface area contributed by atoms with Gasteiger partial charge in [0.15, 0.2) is 11.5 Å². The quantitative estimate of drug-likeness (QED) is 0.634. The summed E-state index contributed by atoms with van der Waals surface area (Å²) in [5.74, 6) is 1.00. The summed E-state index contributed by atoms with van der Waals surface area (Å²) in [5.41, 5.74) is 0.821. The van der Waals surface area contributed by atoms with Crippen molar-refractivity contribution in [2.45, 2.75) is 11.0 Å². The van der Waals surface area contributed by atoms with E-state index in [4.69, 9.17) is 9.47 Å². The lowest BCUT2D eigenvalue weighted by Crippen LogP contribution is -2.40. The molecular formula is C22H20N2O5S. The molecule has 0 aromatic heterocycles. The van der Waals surface area contributed by atoms with E-state index < -0.39 is 10.0 Å². The highest BCUT2D eigenvalue weighted by atomic mass is 32.2.